The Labute approximate surface area is 159 Å². The minimum absolute atomic E-state index is 0.168. The third-order valence-corrected chi connectivity index (χ3v) is 5.24. The molecule has 0 bridgehead atoms. The molecule has 2 amide bonds. The number of pyridine rings is 1. The van der Waals surface area contributed by atoms with Gasteiger partial charge < -0.3 is 20.3 Å². The lowest BCUT2D eigenvalue weighted by atomic mass is 9.90. The summed E-state index contributed by atoms with van der Waals surface area (Å²) in [6, 6.07) is 10.00. The minimum Gasteiger partial charge on any atom is -0.378 e. The molecule has 1 aliphatic carbocycles. The van der Waals surface area contributed by atoms with E-state index in [1.54, 1.807) is 6.20 Å². The first-order valence-electron chi connectivity index (χ1n) is 9.73. The molecule has 6 heteroatoms. The average Bonchev–Trinajstić information content (AvgIpc) is 2.73. The smallest absolute Gasteiger partial charge is 0.319 e. The largest absolute Gasteiger partial charge is 0.378 e. The van der Waals surface area contributed by atoms with E-state index in [2.05, 4.69) is 26.6 Å². The number of rotatable bonds is 4. The van der Waals surface area contributed by atoms with Crippen LogP contribution in [0.5, 0.6) is 0 Å². The highest BCUT2D eigenvalue weighted by Crippen LogP contribution is 2.27. The van der Waals surface area contributed by atoms with Crippen molar-refractivity contribution >= 4 is 17.5 Å². The Bertz CT molecular complexity index is 803. The number of morpholine rings is 1. The van der Waals surface area contributed by atoms with E-state index in [1.165, 1.54) is 24.0 Å². The highest BCUT2D eigenvalue weighted by Gasteiger charge is 2.15. The molecule has 0 saturated carbocycles. The highest BCUT2D eigenvalue weighted by atomic mass is 16.5. The number of anilines is 2. The molecular weight excluding hydrogens is 340 g/mol. The zero-order valence-electron chi connectivity index (χ0n) is 15.5. The third kappa shape index (κ3) is 4.39. The summed E-state index contributed by atoms with van der Waals surface area (Å²) in [5.41, 5.74) is 4.63. The number of carbonyl (C=O) groups excluding carboxylic acids is 1. The predicted molar refractivity (Wildman–Crippen MR) is 106 cm³/mol. The Morgan fingerprint density at radius 2 is 2.00 bits per heavy atom. The molecule has 0 unspecified atom stereocenters. The van der Waals surface area contributed by atoms with Gasteiger partial charge in [0.2, 0.25) is 0 Å². The molecule has 0 radical (unpaired) electrons. The second kappa shape index (κ2) is 8.39. The van der Waals surface area contributed by atoms with Crippen LogP contribution < -0.4 is 15.5 Å². The monoisotopic (exact) mass is 366 g/mol. The van der Waals surface area contributed by atoms with Gasteiger partial charge in [-0.3, -0.25) is 0 Å². The van der Waals surface area contributed by atoms with Crippen molar-refractivity contribution in [3.05, 3.63) is 53.2 Å². The molecule has 2 aliphatic rings. The van der Waals surface area contributed by atoms with Crippen LogP contribution in [-0.4, -0.2) is 37.3 Å². The van der Waals surface area contributed by atoms with Crippen molar-refractivity contribution in [3.8, 4) is 0 Å². The number of hydrogen-bond donors (Lipinski definition) is 2. The molecule has 0 atom stereocenters. The number of ether oxygens (including phenoxy) is 1. The number of nitrogens with one attached hydrogen (secondary N) is 2. The molecule has 6 nitrogen and oxygen atoms in total. The molecule has 1 fully saturated rings. The van der Waals surface area contributed by atoms with Crippen molar-refractivity contribution in [1.82, 2.24) is 10.3 Å². The second-order valence-electron chi connectivity index (χ2n) is 7.08. The normalized spacial score (nSPS) is 16.5. The summed E-state index contributed by atoms with van der Waals surface area (Å²) < 4.78 is 5.39. The predicted octanol–water partition coefficient (Wildman–Crippen LogP) is 3.12. The Morgan fingerprint density at radius 1 is 1.15 bits per heavy atom. The first-order chi connectivity index (χ1) is 13.3. The summed E-state index contributed by atoms with van der Waals surface area (Å²) in [4.78, 5) is 19.1. The fraction of sp³-hybridized carbons (Fsp3) is 0.429. The van der Waals surface area contributed by atoms with E-state index >= 15 is 0 Å². The molecule has 4 rings (SSSR count). The molecule has 1 aromatic heterocycles. The van der Waals surface area contributed by atoms with Crippen LogP contribution in [0.2, 0.25) is 0 Å². The van der Waals surface area contributed by atoms with Crippen molar-refractivity contribution in [1.29, 1.82) is 0 Å². The standard InChI is InChI=1S/C21H26N4O2/c26-21(24-19-7-3-5-17-4-1-2-6-18(17)19)23-15-16-8-9-22-20(14-16)25-10-12-27-13-11-25/h3,5,7-9,14H,1-2,4,6,10-13,15H2,(H2,23,24,26). The molecular formula is C21H26N4O2. The van der Waals surface area contributed by atoms with Crippen molar-refractivity contribution < 1.29 is 9.53 Å². The van der Waals surface area contributed by atoms with Gasteiger partial charge in [-0.05, 0) is 60.6 Å². The maximum Gasteiger partial charge on any atom is 0.319 e. The van der Waals surface area contributed by atoms with Crippen LogP contribution >= 0.6 is 0 Å². The summed E-state index contributed by atoms with van der Waals surface area (Å²) in [5, 5.41) is 5.99. The van der Waals surface area contributed by atoms with Crippen LogP contribution in [-0.2, 0) is 24.1 Å². The zero-order chi connectivity index (χ0) is 18.5. The average molecular weight is 366 g/mol. The molecule has 0 spiro atoms. The lowest BCUT2D eigenvalue weighted by molar-refractivity contribution is 0.122. The van der Waals surface area contributed by atoms with Crippen LogP contribution in [0.25, 0.3) is 0 Å². The number of fused-ring (bicyclic) bond motifs is 1. The van der Waals surface area contributed by atoms with Gasteiger partial charge in [-0.15, -0.1) is 0 Å². The Morgan fingerprint density at radius 3 is 2.89 bits per heavy atom. The Balaban J connectivity index is 1.36. The second-order valence-corrected chi connectivity index (χ2v) is 7.08. The van der Waals surface area contributed by atoms with Crippen molar-refractivity contribution in [2.24, 2.45) is 0 Å². The molecule has 142 valence electrons. The molecule has 1 aromatic carbocycles. The van der Waals surface area contributed by atoms with E-state index in [1.807, 2.05) is 24.3 Å². The lowest BCUT2D eigenvalue weighted by Gasteiger charge is -2.28. The fourth-order valence-electron chi connectivity index (χ4n) is 3.78. The van der Waals surface area contributed by atoms with Crippen molar-refractivity contribution in [2.75, 3.05) is 36.5 Å². The molecule has 1 aliphatic heterocycles. The van der Waals surface area contributed by atoms with E-state index in [0.717, 1.165) is 56.2 Å². The first-order valence-corrected chi connectivity index (χ1v) is 9.73. The van der Waals surface area contributed by atoms with Gasteiger partial charge in [-0.2, -0.15) is 0 Å². The molecule has 2 heterocycles. The van der Waals surface area contributed by atoms with Crippen LogP contribution in [0.3, 0.4) is 0 Å². The van der Waals surface area contributed by atoms with E-state index < -0.39 is 0 Å². The number of carbonyl (C=O) groups is 1. The van der Waals surface area contributed by atoms with Gasteiger partial charge >= 0.3 is 6.03 Å². The van der Waals surface area contributed by atoms with Crippen LogP contribution in [0.15, 0.2) is 36.5 Å². The van der Waals surface area contributed by atoms with Gasteiger partial charge in [0, 0.05) is 31.5 Å². The topological polar surface area (TPSA) is 66.5 Å². The van der Waals surface area contributed by atoms with Crippen LogP contribution in [0.4, 0.5) is 16.3 Å². The minimum atomic E-state index is -0.168. The van der Waals surface area contributed by atoms with Gasteiger partial charge in [0.1, 0.15) is 5.82 Å². The number of aromatic nitrogens is 1. The van der Waals surface area contributed by atoms with E-state index in [0.29, 0.717) is 6.54 Å². The van der Waals surface area contributed by atoms with Gasteiger partial charge in [-0.25, -0.2) is 9.78 Å². The maximum absolute atomic E-state index is 12.4. The van der Waals surface area contributed by atoms with Gasteiger partial charge in [0.15, 0.2) is 0 Å². The fourth-order valence-corrected chi connectivity index (χ4v) is 3.78. The zero-order valence-corrected chi connectivity index (χ0v) is 15.5. The van der Waals surface area contributed by atoms with Gasteiger partial charge in [0.05, 0.1) is 13.2 Å². The Kier molecular flexibility index (Phi) is 5.53. The highest BCUT2D eigenvalue weighted by molar-refractivity contribution is 5.90. The maximum atomic E-state index is 12.4. The summed E-state index contributed by atoms with van der Waals surface area (Å²) in [5.74, 6) is 0.940. The summed E-state index contributed by atoms with van der Waals surface area (Å²) >= 11 is 0. The SMILES string of the molecule is O=C(NCc1ccnc(N2CCOCC2)c1)Nc1cccc2c1CCCC2. The number of aryl methyl sites for hydroxylation is 1. The third-order valence-electron chi connectivity index (χ3n) is 5.24. The Hall–Kier alpha value is -2.60. The van der Waals surface area contributed by atoms with Gasteiger partial charge in [-0.1, -0.05) is 12.1 Å². The number of benzene rings is 1. The number of urea groups is 1. The molecule has 27 heavy (non-hydrogen) atoms. The summed E-state index contributed by atoms with van der Waals surface area (Å²) in [6.07, 6.45) is 6.37. The lowest BCUT2D eigenvalue weighted by Crippen LogP contribution is -2.36. The number of hydrogen-bond acceptors (Lipinski definition) is 4. The van der Waals surface area contributed by atoms with Crippen molar-refractivity contribution in [2.45, 2.75) is 32.2 Å². The van der Waals surface area contributed by atoms with Crippen LogP contribution in [0, 0.1) is 0 Å². The van der Waals surface area contributed by atoms with E-state index in [9.17, 15) is 4.79 Å². The molecule has 2 aromatic rings. The van der Waals surface area contributed by atoms with Crippen molar-refractivity contribution in [3.63, 3.8) is 0 Å². The summed E-state index contributed by atoms with van der Waals surface area (Å²) in [7, 11) is 0. The number of nitrogens with zero attached hydrogens (tertiary/aromatic N) is 2. The first kappa shape index (κ1) is 17.8. The molecule has 1 saturated heterocycles. The van der Waals surface area contributed by atoms with Gasteiger partial charge in [0.25, 0.3) is 0 Å². The van der Waals surface area contributed by atoms with E-state index in [4.69, 9.17) is 4.74 Å². The number of amides is 2. The quantitative estimate of drug-likeness (QED) is 0.873. The van der Waals surface area contributed by atoms with Crippen LogP contribution in [0.1, 0.15) is 29.5 Å². The summed E-state index contributed by atoms with van der Waals surface area (Å²) in [6.45, 7) is 3.63. The molecule has 2 N–H and O–H groups in total. The van der Waals surface area contributed by atoms with E-state index in [-0.39, 0.29) is 6.03 Å².